The standard InChI is InChI=1S/C11H20N4O2/c1-3-17-10(7-12)6-11(16)13-8-9-4-5-14-15(9)2/h4-5,10H,3,6-8,12H2,1-2H3,(H,13,16). The maximum Gasteiger partial charge on any atom is 0.222 e. The lowest BCUT2D eigenvalue weighted by Gasteiger charge is -2.14. The van der Waals surface area contributed by atoms with Gasteiger partial charge in [-0.25, -0.2) is 0 Å². The first kappa shape index (κ1) is 13.7. The molecule has 1 atom stereocenters. The number of nitrogens with zero attached hydrogens (tertiary/aromatic N) is 2. The predicted molar refractivity (Wildman–Crippen MR) is 64.1 cm³/mol. The van der Waals surface area contributed by atoms with E-state index >= 15 is 0 Å². The SMILES string of the molecule is CCOC(CN)CC(=O)NCc1ccnn1C. The Hall–Kier alpha value is -1.40. The molecule has 1 aromatic heterocycles. The zero-order valence-electron chi connectivity index (χ0n) is 10.3. The Balaban J connectivity index is 2.32. The summed E-state index contributed by atoms with van der Waals surface area (Å²) in [5.41, 5.74) is 6.46. The molecular formula is C11H20N4O2. The second-order valence-electron chi connectivity index (χ2n) is 3.74. The van der Waals surface area contributed by atoms with Crippen molar-refractivity contribution in [3.05, 3.63) is 18.0 Å². The fourth-order valence-corrected chi connectivity index (χ4v) is 1.49. The van der Waals surface area contributed by atoms with Gasteiger partial charge >= 0.3 is 0 Å². The molecule has 1 heterocycles. The van der Waals surface area contributed by atoms with E-state index in [0.717, 1.165) is 5.69 Å². The van der Waals surface area contributed by atoms with Crippen LogP contribution < -0.4 is 11.1 Å². The lowest BCUT2D eigenvalue weighted by atomic mass is 10.2. The van der Waals surface area contributed by atoms with Crippen molar-refractivity contribution in [1.29, 1.82) is 0 Å². The fourth-order valence-electron chi connectivity index (χ4n) is 1.49. The van der Waals surface area contributed by atoms with Gasteiger partial charge in [0, 0.05) is 26.4 Å². The smallest absolute Gasteiger partial charge is 0.222 e. The van der Waals surface area contributed by atoms with Gasteiger partial charge in [-0.05, 0) is 13.0 Å². The molecule has 3 N–H and O–H groups in total. The van der Waals surface area contributed by atoms with Crippen LogP contribution in [0.1, 0.15) is 19.0 Å². The van der Waals surface area contributed by atoms with Crippen molar-refractivity contribution in [3.63, 3.8) is 0 Å². The van der Waals surface area contributed by atoms with Gasteiger partial charge in [-0.1, -0.05) is 0 Å². The first-order chi connectivity index (χ1) is 8.17. The average molecular weight is 240 g/mol. The molecule has 0 aromatic carbocycles. The van der Waals surface area contributed by atoms with Crippen LogP contribution in [-0.2, 0) is 23.1 Å². The highest BCUT2D eigenvalue weighted by Crippen LogP contribution is 1.99. The summed E-state index contributed by atoms with van der Waals surface area (Å²) in [7, 11) is 1.84. The zero-order valence-corrected chi connectivity index (χ0v) is 10.3. The van der Waals surface area contributed by atoms with Crippen LogP contribution in [0.2, 0.25) is 0 Å². The quantitative estimate of drug-likeness (QED) is 0.691. The van der Waals surface area contributed by atoms with Crippen molar-refractivity contribution in [1.82, 2.24) is 15.1 Å². The number of nitrogens with two attached hydrogens (primary N) is 1. The minimum Gasteiger partial charge on any atom is -0.377 e. The minimum atomic E-state index is -0.202. The van der Waals surface area contributed by atoms with E-state index in [0.29, 0.717) is 26.1 Å². The highest BCUT2D eigenvalue weighted by molar-refractivity contribution is 5.76. The molecule has 6 nitrogen and oxygen atoms in total. The van der Waals surface area contributed by atoms with Gasteiger partial charge in [0.25, 0.3) is 0 Å². The molecule has 0 spiro atoms. The average Bonchev–Trinajstić information content (AvgIpc) is 2.71. The number of hydrogen-bond acceptors (Lipinski definition) is 4. The van der Waals surface area contributed by atoms with Gasteiger partial charge in [0.05, 0.1) is 24.8 Å². The Kier molecular flexibility index (Phi) is 5.65. The van der Waals surface area contributed by atoms with Crippen molar-refractivity contribution < 1.29 is 9.53 Å². The normalized spacial score (nSPS) is 12.4. The van der Waals surface area contributed by atoms with Gasteiger partial charge in [-0.3, -0.25) is 9.48 Å². The maximum absolute atomic E-state index is 11.6. The van der Waals surface area contributed by atoms with Crippen molar-refractivity contribution >= 4 is 5.91 Å². The van der Waals surface area contributed by atoms with Crippen molar-refractivity contribution in [3.8, 4) is 0 Å². The number of rotatable bonds is 7. The largest absolute Gasteiger partial charge is 0.377 e. The van der Waals surface area contributed by atoms with E-state index in [1.165, 1.54) is 0 Å². The summed E-state index contributed by atoms with van der Waals surface area (Å²) in [6, 6.07) is 1.86. The van der Waals surface area contributed by atoms with Crippen LogP contribution in [0.5, 0.6) is 0 Å². The van der Waals surface area contributed by atoms with E-state index in [-0.39, 0.29) is 12.0 Å². The molecule has 6 heteroatoms. The Bertz CT molecular complexity index is 351. The summed E-state index contributed by atoms with van der Waals surface area (Å²) in [6.45, 7) is 3.28. The number of amides is 1. The number of nitrogens with one attached hydrogen (secondary N) is 1. The van der Waals surface area contributed by atoms with Gasteiger partial charge in [0.1, 0.15) is 0 Å². The first-order valence-electron chi connectivity index (χ1n) is 5.72. The molecule has 0 bridgehead atoms. The molecular weight excluding hydrogens is 220 g/mol. The number of ether oxygens (including phenoxy) is 1. The van der Waals surface area contributed by atoms with Gasteiger partial charge in [-0.15, -0.1) is 0 Å². The predicted octanol–water partition coefficient (Wildman–Crippen LogP) is -0.210. The number of carbonyl (C=O) groups is 1. The molecule has 0 aliphatic carbocycles. The van der Waals surface area contributed by atoms with E-state index < -0.39 is 0 Å². The second-order valence-corrected chi connectivity index (χ2v) is 3.74. The number of aryl methyl sites for hydroxylation is 1. The Labute approximate surface area is 101 Å². The van der Waals surface area contributed by atoms with Crippen molar-refractivity contribution in [2.24, 2.45) is 12.8 Å². The zero-order chi connectivity index (χ0) is 12.7. The molecule has 0 saturated heterocycles. The van der Waals surface area contributed by atoms with Crippen LogP contribution >= 0.6 is 0 Å². The Morgan fingerprint density at radius 3 is 3.00 bits per heavy atom. The third-order valence-electron chi connectivity index (χ3n) is 2.47. The summed E-state index contributed by atoms with van der Waals surface area (Å²) in [4.78, 5) is 11.6. The highest BCUT2D eigenvalue weighted by Gasteiger charge is 2.12. The number of carbonyl (C=O) groups excluding carboxylic acids is 1. The third-order valence-corrected chi connectivity index (χ3v) is 2.47. The summed E-state index contributed by atoms with van der Waals surface area (Å²) in [5, 5.41) is 6.84. The lowest BCUT2D eigenvalue weighted by molar-refractivity contribution is -0.123. The molecule has 1 unspecified atom stereocenters. The molecule has 0 aliphatic heterocycles. The topological polar surface area (TPSA) is 82.2 Å². The monoisotopic (exact) mass is 240 g/mol. The molecule has 17 heavy (non-hydrogen) atoms. The van der Waals surface area contributed by atoms with Crippen LogP contribution in [0.15, 0.2) is 12.3 Å². The summed E-state index contributed by atoms with van der Waals surface area (Å²) < 4.78 is 7.04. The van der Waals surface area contributed by atoms with Gasteiger partial charge in [0.2, 0.25) is 5.91 Å². The molecule has 1 rings (SSSR count). The van der Waals surface area contributed by atoms with Crippen LogP contribution in [-0.4, -0.2) is 34.9 Å². The summed E-state index contributed by atoms with van der Waals surface area (Å²) in [5.74, 6) is -0.0601. The highest BCUT2D eigenvalue weighted by atomic mass is 16.5. The molecule has 1 aromatic rings. The molecule has 0 saturated carbocycles. The van der Waals surface area contributed by atoms with Crippen LogP contribution in [0.25, 0.3) is 0 Å². The fraction of sp³-hybridized carbons (Fsp3) is 0.636. The third kappa shape index (κ3) is 4.54. The minimum absolute atomic E-state index is 0.0601. The van der Waals surface area contributed by atoms with Gasteiger partial charge < -0.3 is 15.8 Å². The lowest BCUT2D eigenvalue weighted by Crippen LogP contribution is -2.32. The maximum atomic E-state index is 11.6. The van der Waals surface area contributed by atoms with E-state index in [1.54, 1.807) is 10.9 Å². The second kappa shape index (κ2) is 7.03. The van der Waals surface area contributed by atoms with Crippen LogP contribution in [0, 0.1) is 0 Å². The molecule has 96 valence electrons. The van der Waals surface area contributed by atoms with Gasteiger partial charge in [-0.2, -0.15) is 5.10 Å². The summed E-state index contributed by atoms with van der Waals surface area (Å²) in [6.07, 6.45) is 1.79. The number of aromatic nitrogens is 2. The Morgan fingerprint density at radius 2 is 2.47 bits per heavy atom. The molecule has 1 amide bonds. The van der Waals surface area contributed by atoms with Gasteiger partial charge in [0.15, 0.2) is 0 Å². The van der Waals surface area contributed by atoms with E-state index in [4.69, 9.17) is 10.5 Å². The summed E-state index contributed by atoms with van der Waals surface area (Å²) >= 11 is 0. The number of hydrogen-bond donors (Lipinski definition) is 2. The van der Waals surface area contributed by atoms with E-state index in [1.807, 2.05) is 20.0 Å². The van der Waals surface area contributed by atoms with Crippen molar-refractivity contribution in [2.75, 3.05) is 13.2 Å². The van der Waals surface area contributed by atoms with E-state index in [9.17, 15) is 4.79 Å². The van der Waals surface area contributed by atoms with Crippen LogP contribution in [0.3, 0.4) is 0 Å². The van der Waals surface area contributed by atoms with Crippen LogP contribution in [0.4, 0.5) is 0 Å². The van der Waals surface area contributed by atoms with Crippen molar-refractivity contribution in [2.45, 2.75) is 26.0 Å². The molecule has 0 radical (unpaired) electrons. The first-order valence-corrected chi connectivity index (χ1v) is 5.72. The molecule has 0 fully saturated rings. The molecule has 0 aliphatic rings. The van der Waals surface area contributed by atoms with E-state index in [2.05, 4.69) is 10.4 Å². The Morgan fingerprint density at radius 1 is 1.71 bits per heavy atom.